The van der Waals surface area contributed by atoms with E-state index >= 15 is 0 Å². The number of nitrogens with one attached hydrogen (secondary N) is 1. The SMILES string of the molecule is CCC1CCCCN1CCCNC(=O)c1ccc(CN2CCc3ccccc32)cc1. The Morgan fingerprint density at radius 3 is 2.73 bits per heavy atom. The fourth-order valence-corrected chi connectivity index (χ4v) is 4.96. The Bertz CT molecular complexity index is 832. The molecule has 4 nitrogen and oxygen atoms in total. The number of benzene rings is 2. The molecule has 1 N–H and O–H groups in total. The molecule has 0 aromatic heterocycles. The van der Waals surface area contributed by atoms with E-state index in [1.54, 1.807) is 0 Å². The maximum absolute atomic E-state index is 12.5. The van der Waals surface area contributed by atoms with Crippen LogP contribution in [0.4, 0.5) is 5.69 Å². The van der Waals surface area contributed by atoms with Crippen molar-refractivity contribution in [3.63, 3.8) is 0 Å². The van der Waals surface area contributed by atoms with Gasteiger partial charge in [-0.15, -0.1) is 0 Å². The highest BCUT2D eigenvalue weighted by Crippen LogP contribution is 2.28. The molecule has 4 rings (SSSR count). The maximum Gasteiger partial charge on any atom is 0.251 e. The van der Waals surface area contributed by atoms with E-state index in [1.165, 1.54) is 49.0 Å². The van der Waals surface area contributed by atoms with E-state index in [0.29, 0.717) is 0 Å². The maximum atomic E-state index is 12.5. The van der Waals surface area contributed by atoms with E-state index in [4.69, 9.17) is 0 Å². The molecule has 2 aliphatic rings. The first-order valence-corrected chi connectivity index (χ1v) is 11.7. The molecular weight excluding hydrogens is 370 g/mol. The average molecular weight is 406 g/mol. The Labute approximate surface area is 181 Å². The molecule has 2 aromatic rings. The van der Waals surface area contributed by atoms with Gasteiger partial charge in [-0.2, -0.15) is 0 Å². The van der Waals surface area contributed by atoms with E-state index in [2.05, 4.69) is 58.4 Å². The highest BCUT2D eigenvalue weighted by molar-refractivity contribution is 5.94. The Balaban J connectivity index is 1.22. The fraction of sp³-hybridized carbons (Fsp3) is 0.500. The summed E-state index contributed by atoms with van der Waals surface area (Å²) >= 11 is 0. The van der Waals surface area contributed by atoms with Gasteiger partial charge in [-0.3, -0.25) is 4.79 Å². The van der Waals surface area contributed by atoms with Crippen LogP contribution in [0.1, 0.15) is 60.5 Å². The summed E-state index contributed by atoms with van der Waals surface area (Å²) in [5.74, 6) is 0.0405. The second kappa shape index (κ2) is 10.1. The molecule has 160 valence electrons. The number of fused-ring (bicyclic) bond motifs is 1. The smallest absolute Gasteiger partial charge is 0.251 e. The number of hydrogen-bond donors (Lipinski definition) is 1. The molecule has 1 saturated heterocycles. The predicted molar refractivity (Wildman–Crippen MR) is 124 cm³/mol. The van der Waals surface area contributed by atoms with Gasteiger partial charge in [-0.1, -0.05) is 43.7 Å². The van der Waals surface area contributed by atoms with Crippen LogP contribution in [0.3, 0.4) is 0 Å². The third-order valence-corrected chi connectivity index (χ3v) is 6.70. The minimum Gasteiger partial charge on any atom is -0.367 e. The molecule has 0 saturated carbocycles. The van der Waals surface area contributed by atoms with Gasteiger partial charge in [0.1, 0.15) is 0 Å². The molecule has 2 heterocycles. The second-order valence-corrected chi connectivity index (χ2v) is 8.70. The lowest BCUT2D eigenvalue weighted by atomic mass is 10.00. The molecule has 1 amide bonds. The van der Waals surface area contributed by atoms with Crippen molar-refractivity contribution in [1.82, 2.24) is 10.2 Å². The largest absolute Gasteiger partial charge is 0.367 e. The average Bonchev–Trinajstić information content (AvgIpc) is 3.20. The number of anilines is 1. The molecule has 4 heteroatoms. The molecule has 2 aliphatic heterocycles. The van der Waals surface area contributed by atoms with Gasteiger partial charge in [0.25, 0.3) is 5.91 Å². The van der Waals surface area contributed by atoms with Crippen LogP contribution in [-0.2, 0) is 13.0 Å². The fourth-order valence-electron chi connectivity index (χ4n) is 4.96. The van der Waals surface area contributed by atoms with Crippen LogP contribution in [0.15, 0.2) is 48.5 Å². The van der Waals surface area contributed by atoms with Crippen molar-refractivity contribution in [2.75, 3.05) is 31.1 Å². The van der Waals surface area contributed by atoms with Gasteiger partial charge in [0.05, 0.1) is 0 Å². The monoisotopic (exact) mass is 405 g/mol. The number of hydrogen-bond acceptors (Lipinski definition) is 3. The van der Waals surface area contributed by atoms with E-state index in [1.807, 2.05) is 12.1 Å². The minimum absolute atomic E-state index is 0.0405. The lowest BCUT2D eigenvalue weighted by Gasteiger charge is -2.35. The zero-order valence-corrected chi connectivity index (χ0v) is 18.3. The highest BCUT2D eigenvalue weighted by Gasteiger charge is 2.20. The van der Waals surface area contributed by atoms with E-state index in [0.717, 1.165) is 50.6 Å². The Hall–Kier alpha value is -2.33. The molecule has 2 aromatic carbocycles. The van der Waals surface area contributed by atoms with Crippen molar-refractivity contribution in [2.24, 2.45) is 0 Å². The first-order valence-electron chi connectivity index (χ1n) is 11.7. The number of carbonyl (C=O) groups is 1. The van der Waals surface area contributed by atoms with Crippen molar-refractivity contribution >= 4 is 11.6 Å². The Kier molecular flexibility index (Phi) is 7.06. The van der Waals surface area contributed by atoms with Crippen LogP contribution in [-0.4, -0.2) is 43.0 Å². The van der Waals surface area contributed by atoms with Crippen LogP contribution in [0.5, 0.6) is 0 Å². The Morgan fingerprint density at radius 1 is 1.07 bits per heavy atom. The molecule has 1 fully saturated rings. The summed E-state index contributed by atoms with van der Waals surface area (Å²) < 4.78 is 0. The van der Waals surface area contributed by atoms with Crippen LogP contribution in [0, 0.1) is 0 Å². The van der Waals surface area contributed by atoms with Crippen LogP contribution in [0.25, 0.3) is 0 Å². The van der Waals surface area contributed by atoms with Gasteiger partial charge in [-0.25, -0.2) is 0 Å². The molecule has 1 unspecified atom stereocenters. The van der Waals surface area contributed by atoms with Crippen LogP contribution < -0.4 is 10.2 Å². The summed E-state index contributed by atoms with van der Waals surface area (Å²) in [6.07, 6.45) is 7.39. The zero-order chi connectivity index (χ0) is 20.8. The van der Waals surface area contributed by atoms with Crippen molar-refractivity contribution in [1.29, 1.82) is 0 Å². The van der Waals surface area contributed by atoms with Gasteiger partial charge in [0, 0.05) is 43.5 Å². The van der Waals surface area contributed by atoms with Gasteiger partial charge in [0.2, 0.25) is 0 Å². The van der Waals surface area contributed by atoms with Crippen molar-refractivity contribution in [2.45, 2.75) is 58.0 Å². The molecule has 0 bridgehead atoms. The van der Waals surface area contributed by atoms with E-state index < -0.39 is 0 Å². The molecule has 30 heavy (non-hydrogen) atoms. The molecular formula is C26H35N3O. The molecule has 0 aliphatic carbocycles. The van der Waals surface area contributed by atoms with E-state index in [-0.39, 0.29) is 5.91 Å². The number of para-hydroxylation sites is 1. The topological polar surface area (TPSA) is 35.6 Å². The highest BCUT2D eigenvalue weighted by atomic mass is 16.1. The summed E-state index contributed by atoms with van der Waals surface area (Å²) in [6.45, 7) is 7.31. The zero-order valence-electron chi connectivity index (χ0n) is 18.3. The first-order chi connectivity index (χ1) is 14.7. The standard InChI is InChI=1S/C26H35N3O/c1-2-24-9-5-6-17-28(24)18-7-16-27-26(30)23-13-11-21(12-14-23)20-29-19-15-22-8-3-4-10-25(22)29/h3-4,8,10-14,24H,2,5-7,9,15-20H2,1H3,(H,27,30). The summed E-state index contributed by atoms with van der Waals surface area (Å²) in [5.41, 5.74) is 4.78. The number of piperidine rings is 1. The quantitative estimate of drug-likeness (QED) is 0.650. The molecule has 1 atom stereocenters. The van der Waals surface area contributed by atoms with Gasteiger partial charge in [-0.05, 0) is 68.0 Å². The third-order valence-electron chi connectivity index (χ3n) is 6.70. The number of rotatable bonds is 8. The van der Waals surface area contributed by atoms with Crippen molar-refractivity contribution in [3.05, 3.63) is 65.2 Å². The lowest BCUT2D eigenvalue weighted by Crippen LogP contribution is -2.40. The van der Waals surface area contributed by atoms with Crippen LogP contribution in [0.2, 0.25) is 0 Å². The predicted octanol–water partition coefficient (Wildman–Crippen LogP) is 4.63. The van der Waals surface area contributed by atoms with Gasteiger partial charge >= 0.3 is 0 Å². The second-order valence-electron chi connectivity index (χ2n) is 8.70. The summed E-state index contributed by atoms with van der Waals surface area (Å²) in [5, 5.41) is 3.10. The van der Waals surface area contributed by atoms with Gasteiger partial charge in [0.15, 0.2) is 0 Å². The molecule has 0 radical (unpaired) electrons. The normalized spacial score (nSPS) is 19.0. The number of carbonyl (C=O) groups excluding carboxylic acids is 1. The number of nitrogens with zero attached hydrogens (tertiary/aromatic N) is 2. The van der Waals surface area contributed by atoms with E-state index in [9.17, 15) is 4.79 Å². The minimum atomic E-state index is 0.0405. The van der Waals surface area contributed by atoms with Crippen molar-refractivity contribution in [3.8, 4) is 0 Å². The van der Waals surface area contributed by atoms with Crippen LogP contribution >= 0.6 is 0 Å². The van der Waals surface area contributed by atoms with Crippen molar-refractivity contribution < 1.29 is 4.79 Å². The number of amides is 1. The Morgan fingerprint density at radius 2 is 1.90 bits per heavy atom. The summed E-state index contributed by atoms with van der Waals surface area (Å²) in [4.78, 5) is 17.5. The molecule has 0 spiro atoms. The first kappa shape index (κ1) is 20.9. The van der Waals surface area contributed by atoms with Gasteiger partial charge < -0.3 is 15.1 Å². The summed E-state index contributed by atoms with van der Waals surface area (Å²) in [7, 11) is 0. The third kappa shape index (κ3) is 5.04. The summed E-state index contributed by atoms with van der Waals surface area (Å²) in [6, 6.07) is 17.5. The number of likely N-dealkylation sites (tertiary alicyclic amines) is 1. The lowest BCUT2D eigenvalue weighted by molar-refractivity contribution is 0.0947.